The lowest BCUT2D eigenvalue weighted by atomic mass is 10.2. The van der Waals surface area contributed by atoms with Gasteiger partial charge in [0.05, 0.1) is 0 Å². The van der Waals surface area contributed by atoms with E-state index in [1.165, 1.54) is 12.8 Å². The Hall–Kier alpha value is -1.42. The molecule has 1 unspecified atom stereocenters. The normalized spacial score (nSPS) is 24.6. The molecule has 0 radical (unpaired) electrons. The Kier molecular flexibility index (Phi) is 1.99. The van der Waals surface area contributed by atoms with Crippen molar-refractivity contribution in [2.45, 2.75) is 37.8 Å². The van der Waals surface area contributed by atoms with E-state index in [1.807, 2.05) is 18.3 Å². The van der Waals surface area contributed by atoms with Crippen LogP contribution in [0.3, 0.4) is 0 Å². The quantitative estimate of drug-likeness (QED) is 0.794. The number of hydrogen-bond donors (Lipinski definition) is 0. The largest absolute Gasteiger partial charge is 0.370 e. The van der Waals surface area contributed by atoms with Crippen LogP contribution in [0.5, 0.6) is 0 Å². The summed E-state index contributed by atoms with van der Waals surface area (Å²) in [5.41, 5.74) is 2.03. The molecule has 1 atom stereocenters. The second-order valence-electron chi connectivity index (χ2n) is 4.92. The fraction of sp³-hybridized carbons (Fsp3) is 0.538. The number of pyridine rings is 1. The molecule has 4 nitrogen and oxygen atoms in total. The number of rotatable bonds is 2. The second-order valence-corrected chi connectivity index (χ2v) is 4.92. The Morgan fingerprint density at radius 3 is 3.00 bits per heavy atom. The summed E-state index contributed by atoms with van der Waals surface area (Å²) in [6.07, 6.45) is 6.78. The molecule has 0 bridgehead atoms. The van der Waals surface area contributed by atoms with Crippen molar-refractivity contribution < 1.29 is 4.74 Å². The number of aromatic nitrogens is 3. The summed E-state index contributed by atoms with van der Waals surface area (Å²) in [7, 11) is 0. The molecule has 4 heteroatoms. The van der Waals surface area contributed by atoms with E-state index in [4.69, 9.17) is 9.72 Å². The van der Waals surface area contributed by atoms with E-state index in [1.54, 1.807) is 0 Å². The van der Waals surface area contributed by atoms with Crippen LogP contribution in [-0.4, -0.2) is 21.1 Å². The Labute approximate surface area is 99.6 Å². The van der Waals surface area contributed by atoms with E-state index < -0.39 is 0 Å². The van der Waals surface area contributed by atoms with Gasteiger partial charge in [0.2, 0.25) is 0 Å². The number of nitrogens with zero attached hydrogens (tertiary/aromatic N) is 3. The third-order valence-electron chi connectivity index (χ3n) is 3.61. The Balaban J connectivity index is 1.91. The molecule has 1 aliphatic heterocycles. The minimum Gasteiger partial charge on any atom is -0.370 e. The molecule has 17 heavy (non-hydrogen) atoms. The molecule has 4 rings (SSSR count). The highest BCUT2D eigenvalue weighted by atomic mass is 16.5. The maximum absolute atomic E-state index is 5.78. The molecule has 2 fully saturated rings. The van der Waals surface area contributed by atoms with Gasteiger partial charge in [-0.05, 0) is 37.8 Å². The summed E-state index contributed by atoms with van der Waals surface area (Å²) in [6, 6.07) is 4.60. The zero-order valence-electron chi connectivity index (χ0n) is 9.67. The molecule has 0 N–H and O–H groups in total. The SMILES string of the molecule is c1cnc2c(c1)nc(C1CCCO1)n2C1CC1. The summed E-state index contributed by atoms with van der Waals surface area (Å²) < 4.78 is 8.09. The summed E-state index contributed by atoms with van der Waals surface area (Å²) in [6.45, 7) is 0.867. The van der Waals surface area contributed by atoms with Gasteiger partial charge in [-0.3, -0.25) is 0 Å². The topological polar surface area (TPSA) is 39.9 Å². The van der Waals surface area contributed by atoms with E-state index in [9.17, 15) is 0 Å². The molecule has 1 aliphatic carbocycles. The molecule has 0 amide bonds. The fourth-order valence-electron chi connectivity index (χ4n) is 2.65. The average Bonchev–Trinajstić information content (AvgIpc) is 2.94. The molecule has 2 aromatic rings. The van der Waals surface area contributed by atoms with E-state index in [0.717, 1.165) is 36.4 Å². The van der Waals surface area contributed by atoms with Gasteiger partial charge >= 0.3 is 0 Å². The molecular weight excluding hydrogens is 214 g/mol. The molecule has 88 valence electrons. The maximum Gasteiger partial charge on any atom is 0.160 e. The molecule has 2 aliphatic rings. The maximum atomic E-state index is 5.78. The fourth-order valence-corrected chi connectivity index (χ4v) is 2.65. The highest BCUT2D eigenvalue weighted by Gasteiger charge is 2.32. The van der Waals surface area contributed by atoms with Crippen molar-refractivity contribution in [2.24, 2.45) is 0 Å². The van der Waals surface area contributed by atoms with Crippen LogP contribution in [-0.2, 0) is 4.74 Å². The molecule has 1 saturated carbocycles. The lowest BCUT2D eigenvalue weighted by Crippen LogP contribution is -2.07. The highest BCUT2D eigenvalue weighted by molar-refractivity contribution is 5.71. The molecule has 3 heterocycles. The Morgan fingerprint density at radius 1 is 1.29 bits per heavy atom. The van der Waals surface area contributed by atoms with Crippen LogP contribution in [0.2, 0.25) is 0 Å². The van der Waals surface area contributed by atoms with Crippen molar-refractivity contribution in [3.63, 3.8) is 0 Å². The van der Waals surface area contributed by atoms with Crippen LogP contribution in [0.25, 0.3) is 11.2 Å². The minimum absolute atomic E-state index is 0.185. The predicted molar refractivity (Wildman–Crippen MR) is 63.7 cm³/mol. The van der Waals surface area contributed by atoms with Crippen molar-refractivity contribution in [2.75, 3.05) is 6.61 Å². The third-order valence-corrected chi connectivity index (χ3v) is 3.61. The van der Waals surface area contributed by atoms with Gasteiger partial charge in [-0.1, -0.05) is 0 Å². The Morgan fingerprint density at radius 2 is 2.24 bits per heavy atom. The summed E-state index contributed by atoms with van der Waals surface area (Å²) in [5, 5.41) is 0. The van der Waals surface area contributed by atoms with Crippen LogP contribution in [0.1, 0.15) is 43.7 Å². The minimum atomic E-state index is 0.185. The standard InChI is InChI=1S/C13H15N3O/c1-3-10-12(14-7-1)16(9-5-6-9)13(15-10)11-4-2-8-17-11/h1,3,7,9,11H,2,4-6,8H2. The first-order chi connectivity index (χ1) is 8.43. The number of imidazole rings is 1. The van der Waals surface area contributed by atoms with E-state index >= 15 is 0 Å². The number of hydrogen-bond acceptors (Lipinski definition) is 3. The van der Waals surface area contributed by atoms with Crippen molar-refractivity contribution in [3.05, 3.63) is 24.2 Å². The van der Waals surface area contributed by atoms with Crippen LogP contribution >= 0.6 is 0 Å². The lowest BCUT2D eigenvalue weighted by Gasteiger charge is -2.11. The van der Waals surface area contributed by atoms with Gasteiger partial charge in [-0.25, -0.2) is 9.97 Å². The zero-order valence-corrected chi connectivity index (χ0v) is 9.67. The average molecular weight is 229 g/mol. The predicted octanol–water partition coefficient (Wildman–Crippen LogP) is 2.62. The molecule has 2 aromatic heterocycles. The Bertz CT molecular complexity index is 553. The molecule has 0 spiro atoms. The number of ether oxygens (including phenoxy) is 1. The van der Waals surface area contributed by atoms with Gasteiger partial charge in [-0.15, -0.1) is 0 Å². The van der Waals surface area contributed by atoms with Crippen molar-refractivity contribution in [1.82, 2.24) is 14.5 Å². The van der Waals surface area contributed by atoms with Crippen molar-refractivity contribution in [1.29, 1.82) is 0 Å². The van der Waals surface area contributed by atoms with Gasteiger partial charge in [0.1, 0.15) is 17.4 Å². The van der Waals surface area contributed by atoms with Crippen LogP contribution in [0.15, 0.2) is 18.3 Å². The first kappa shape index (κ1) is 9.59. The first-order valence-electron chi connectivity index (χ1n) is 6.38. The third kappa shape index (κ3) is 1.47. The smallest absolute Gasteiger partial charge is 0.160 e. The van der Waals surface area contributed by atoms with Gasteiger partial charge in [0.25, 0.3) is 0 Å². The van der Waals surface area contributed by atoms with Gasteiger partial charge in [0, 0.05) is 18.8 Å². The van der Waals surface area contributed by atoms with E-state index in [-0.39, 0.29) is 6.10 Å². The van der Waals surface area contributed by atoms with Crippen molar-refractivity contribution in [3.8, 4) is 0 Å². The first-order valence-corrected chi connectivity index (χ1v) is 6.38. The van der Waals surface area contributed by atoms with Crippen molar-refractivity contribution >= 4 is 11.2 Å². The van der Waals surface area contributed by atoms with Crippen LogP contribution in [0.4, 0.5) is 0 Å². The van der Waals surface area contributed by atoms with Crippen LogP contribution < -0.4 is 0 Å². The van der Waals surface area contributed by atoms with Crippen LogP contribution in [0, 0.1) is 0 Å². The van der Waals surface area contributed by atoms with E-state index in [2.05, 4.69) is 9.55 Å². The zero-order chi connectivity index (χ0) is 11.2. The molecular formula is C13H15N3O. The number of fused-ring (bicyclic) bond motifs is 1. The summed E-state index contributed by atoms with van der Waals surface area (Å²) in [4.78, 5) is 9.21. The summed E-state index contributed by atoms with van der Waals surface area (Å²) in [5.74, 6) is 1.10. The van der Waals surface area contributed by atoms with Gasteiger partial charge in [-0.2, -0.15) is 0 Å². The monoisotopic (exact) mass is 229 g/mol. The second kappa shape index (κ2) is 3.53. The molecule has 0 aromatic carbocycles. The van der Waals surface area contributed by atoms with E-state index in [0.29, 0.717) is 6.04 Å². The highest BCUT2D eigenvalue weighted by Crippen LogP contribution is 2.41. The van der Waals surface area contributed by atoms with Gasteiger partial charge < -0.3 is 9.30 Å². The summed E-state index contributed by atoms with van der Waals surface area (Å²) >= 11 is 0. The van der Waals surface area contributed by atoms with Gasteiger partial charge in [0.15, 0.2) is 5.65 Å². The lowest BCUT2D eigenvalue weighted by molar-refractivity contribution is 0.102. The molecule has 1 saturated heterocycles.